The van der Waals surface area contributed by atoms with E-state index >= 15 is 0 Å². The third-order valence-corrected chi connectivity index (χ3v) is 4.58. The van der Waals surface area contributed by atoms with Crippen molar-refractivity contribution in [3.05, 3.63) is 4.86 Å². The van der Waals surface area contributed by atoms with Crippen LogP contribution in [-0.4, -0.2) is 32.8 Å². The molecule has 0 radical (unpaired) electrons. The fourth-order valence-electron chi connectivity index (χ4n) is 0.308. The maximum atomic E-state index is 8.96. The van der Waals surface area contributed by atoms with Crippen LogP contribution in [-0.2, 0) is 0 Å². The molecule has 0 saturated carbocycles. The van der Waals surface area contributed by atoms with Gasteiger partial charge in [0.1, 0.15) is 0 Å². The van der Waals surface area contributed by atoms with Crippen molar-refractivity contribution in [2.45, 2.75) is 6.92 Å². The molecule has 0 unspecified atom stereocenters. The van der Waals surface area contributed by atoms with E-state index in [2.05, 4.69) is 9.95 Å². The molecule has 0 aromatic rings. The Bertz CT molecular complexity index is 117. The van der Waals surface area contributed by atoms with E-state index < -0.39 is 15.9 Å². The van der Waals surface area contributed by atoms with Crippen LogP contribution in [0.4, 0.5) is 0 Å². The molecule has 0 aliphatic carbocycles. The third-order valence-electron chi connectivity index (χ3n) is 0.992. The molecule has 0 bridgehead atoms. The first-order valence-electron chi connectivity index (χ1n) is 2.95. The summed E-state index contributed by atoms with van der Waals surface area (Å²) in [5, 5.41) is 2.10. The molecule has 8 heteroatoms. The van der Waals surface area contributed by atoms with Crippen molar-refractivity contribution in [1.29, 1.82) is 0 Å². The maximum Gasteiger partial charge on any atom is 0.303 e. The summed E-state index contributed by atoms with van der Waals surface area (Å²) in [6.07, 6.45) is 0.0115. The van der Waals surface area contributed by atoms with Gasteiger partial charge in [0.25, 0.3) is 0 Å². The molecule has 0 saturated heterocycles. The second-order valence-electron chi connectivity index (χ2n) is 1.89. The predicted octanol–water partition coefficient (Wildman–Crippen LogP) is 0.00880. The minimum Gasteiger partial charge on any atom is -0.232 e. The topological polar surface area (TPSA) is 107 Å². The summed E-state index contributed by atoms with van der Waals surface area (Å²) in [5.41, 5.74) is 0. The zero-order valence-electron chi connectivity index (χ0n) is 6.34. The van der Waals surface area contributed by atoms with Gasteiger partial charge in [0.2, 0.25) is 7.87 Å². The van der Waals surface area contributed by atoms with Gasteiger partial charge < -0.3 is 0 Å². The lowest BCUT2D eigenvalue weighted by Crippen LogP contribution is -2.09. The summed E-state index contributed by atoms with van der Waals surface area (Å²) in [7, 11) is -5.80. The predicted molar refractivity (Wildman–Crippen MR) is 45.7 cm³/mol. The van der Waals surface area contributed by atoms with Gasteiger partial charge in [-0.1, -0.05) is 0 Å². The van der Waals surface area contributed by atoms with Crippen LogP contribution in [0.3, 0.4) is 0 Å². The molecule has 11 heavy (non-hydrogen) atoms. The third kappa shape index (κ3) is 4.95. The van der Waals surface area contributed by atoms with Crippen LogP contribution in [0.2, 0.25) is 0 Å². The molecule has 0 aromatic heterocycles. The van der Waals surface area contributed by atoms with Gasteiger partial charge in [0.05, 0.1) is 6.16 Å². The van der Waals surface area contributed by atoms with Crippen molar-refractivity contribution in [3.8, 4) is 0 Å². The smallest absolute Gasteiger partial charge is 0.232 e. The lowest BCUT2D eigenvalue weighted by molar-refractivity contribution is 0.437. The van der Waals surface area contributed by atoms with E-state index in [-0.39, 0.29) is 6.16 Å². The maximum absolute atomic E-state index is 8.96. The molecule has 0 aliphatic heterocycles. The van der Waals surface area contributed by atoms with Crippen molar-refractivity contribution < 1.29 is 19.6 Å². The van der Waals surface area contributed by atoms with Gasteiger partial charge in [-0.25, -0.2) is 24.4 Å². The van der Waals surface area contributed by atoms with Gasteiger partial charge in [-0.05, 0) is 6.92 Å². The molecular formula is C3H13N2O4P2+. The van der Waals surface area contributed by atoms with E-state index in [9.17, 15) is 0 Å². The van der Waals surface area contributed by atoms with Crippen LogP contribution in [0.15, 0.2) is 0 Å². The number of hydrogen-bond acceptors (Lipinski definition) is 5. The highest BCUT2D eigenvalue weighted by atomic mass is 31.3. The van der Waals surface area contributed by atoms with Gasteiger partial charge in [0.15, 0.2) is 0 Å². The molecule has 0 spiro atoms. The summed E-state index contributed by atoms with van der Waals surface area (Å²) in [6, 6.07) is 0. The van der Waals surface area contributed by atoms with Crippen molar-refractivity contribution in [2.24, 2.45) is 0 Å². The average Bonchev–Trinajstić information content (AvgIpc) is 1.86. The first kappa shape index (κ1) is 11.6. The number of rotatable bonds is 4. The monoisotopic (exact) mass is 203 g/mol. The first-order valence-corrected chi connectivity index (χ1v) is 6.43. The van der Waals surface area contributed by atoms with E-state index in [1.807, 2.05) is 0 Å². The van der Waals surface area contributed by atoms with Crippen LogP contribution < -0.4 is 5.09 Å². The Balaban J connectivity index is 4.02. The number of hydrogen-bond donors (Lipinski definition) is 5. The molecule has 0 amide bonds. The van der Waals surface area contributed by atoms with E-state index in [0.717, 1.165) is 0 Å². The molecule has 0 heterocycles. The molecular weight excluding hydrogens is 190 g/mol. The van der Waals surface area contributed by atoms with E-state index in [0.29, 0.717) is 0 Å². The number of nitrogens with one attached hydrogen (secondary N) is 1. The second kappa shape index (κ2) is 4.03. The van der Waals surface area contributed by atoms with Crippen LogP contribution in [0.1, 0.15) is 6.92 Å². The quantitative estimate of drug-likeness (QED) is 0.413. The molecule has 0 atom stereocenters. The van der Waals surface area contributed by atoms with Gasteiger partial charge in [-0.15, -0.1) is 0 Å². The van der Waals surface area contributed by atoms with Crippen molar-refractivity contribution in [2.75, 3.05) is 13.2 Å². The van der Waals surface area contributed by atoms with Crippen LogP contribution in [0, 0.1) is 0 Å². The van der Waals surface area contributed by atoms with Crippen molar-refractivity contribution in [1.82, 2.24) is 5.09 Å². The van der Waals surface area contributed by atoms with Crippen LogP contribution >= 0.6 is 15.9 Å². The molecule has 5 N–H and O–H groups in total. The average molecular weight is 203 g/mol. The fraction of sp³-hybridized carbons (Fsp3) is 1.00. The second-order valence-corrected chi connectivity index (χ2v) is 6.21. The van der Waals surface area contributed by atoms with E-state index in [1.165, 1.54) is 14.0 Å². The Kier molecular flexibility index (Phi) is 4.26. The van der Waals surface area contributed by atoms with Gasteiger partial charge >= 0.3 is 8.02 Å². The first-order chi connectivity index (χ1) is 4.83. The highest BCUT2D eigenvalue weighted by molar-refractivity contribution is 7.85. The lowest BCUT2D eigenvalue weighted by Gasteiger charge is -2.25. The van der Waals surface area contributed by atoms with Crippen LogP contribution in [0.25, 0.3) is 4.86 Å². The minimum absolute atomic E-state index is 0.0115. The zero-order chi connectivity index (χ0) is 9.12. The fourth-order valence-corrected chi connectivity index (χ4v) is 2.77. The minimum atomic E-state index is -3.64. The van der Waals surface area contributed by atoms with E-state index in [1.54, 1.807) is 0 Å². The molecule has 0 fully saturated rings. The molecule has 0 aromatic carbocycles. The summed E-state index contributed by atoms with van der Waals surface area (Å²) in [5.74, 6) is 0. The summed E-state index contributed by atoms with van der Waals surface area (Å²) < 4.78 is 0. The van der Waals surface area contributed by atoms with E-state index in [4.69, 9.17) is 19.6 Å². The standard InChI is InChI=1S/C3H13N2O4P2/c1-3-10(6,7)5-11(8,9)4-2/h4,6-9H,3H2,1-2H3/q+1. The molecule has 6 nitrogen and oxygen atoms in total. The van der Waals surface area contributed by atoms with Crippen molar-refractivity contribution in [3.63, 3.8) is 0 Å². The largest absolute Gasteiger partial charge is 0.303 e. The van der Waals surface area contributed by atoms with Gasteiger partial charge in [0, 0.05) is 7.05 Å². The highest BCUT2D eigenvalue weighted by Crippen LogP contribution is 2.72. The zero-order valence-corrected chi connectivity index (χ0v) is 8.13. The normalized spacial score (nSPS) is 13.6. The number of nitrogens with zero attached hydrogens (tertiary/aromatic N) is 1. The summed E-state index contributed by atoms with van der Waals surface area (Å²) in [4.78, 5) is 38.8. The van der Waals surface area contributed by atoms with Crippen LogP contribution in [0.5, 0.6) is 0 Å². The van der Waals surface area contributed by atoms with Crippen molar-refractivity contribution >= 4 is 15.9 Å². The Labute approximate surface area is 66.4 Å². The SMILES string of the molecule is CC[P+](O)(O)[N-][P+](O)(O)NC. The van der Waals surface area contributed by atoms with Gasteiger partial charge in [-0.2, -0.15) is 5.09 Å². The Hall–Kier alpha value is 0.620. The highest BCUT2D eigenvalue weighted by Gasteiger charge is 2.35. The Morgan fingerprint density at radius 1 is 1.27 bits per heavy atom. The lowest BCUT2D eigenvalue weighted by atomic mass is 11.0. The Morgan fingerprint density at radius 3 is 2.00 bits per heavy atom. The molecule has 68 valence electrons. The molecule has 0 rings (SSSR count). The Morgan fingerprint density at radius 2 is 1.73 bits per heavy atom. The summed E-state index contributed by atoms with van der Waals surface area (Å²) in [6.45, 7) is 1.51. The molecule has 0 aliphatic rings. The summed E-state index contributed by atoms with van der Waals surface area (Å²) >= 11 is 0. The van der Waals surface area contributed by atoms with Gasteiger partial charge in [-0.3, -0.25) is 0 Å².